The number of aliphatic imine (C=N–C) groups is 2. The van der Waals surface area contributed by atoms with E-state index in [1.54, 1.807) is 29.3 Å². The van der Waals surface area contributed by atoms with Gasteiger partial charge in [-0.05, 0) is 59.6 Å². The predicted molar refractivity (Wildman–Crippen MR) is 158 cm³/mol. The molecule has 0 saturated heterocycles. The highest BCUT2D eigenvalue weighted by atomic mass is 28.4. The van der Waals surface area contributed by atoms with E-state index >= 15 is 0 Å². The molecule has 5 rings (SSSR count). The summed E-state index contributed by atoms with van der Waals surface area (Å²) in [6.45, 7) is 11.1. The number of rotatable bonds is 6. The Morgan fingerprint density at radius 1 is 0.949 bits per heavy atom. The van der Waals surface area contributed by atoms with Crippen molar-refractivity contribution < 1.29 is 13.6 Å². The van der Waals surface area contributed by atoms with Gasteiger partial charge < -0.3 is 4.43 Å². The predicted octanol–water partition coefficient (Wildman–Crippen LogP) is 7.49. The Labute approximate surface area is 230 Å². The lowest BCUT2D eigenvalue weighted by Gasteiger charge is -2.36. The first-order valence-electron chi connectivity index (χ1n) is 13.0. The molecule has 2 aliphatic rings. The molecular formula is C32H32FN3O2Si. The monoisotopic (exact) mass is 537 g/mol. The Hall–Kier alpha value is -4.10. The molecule has 1 amide bonds. The molecule has 2 aliphatic heterocycles. The quantitative estimate of drug-likeness (QED) is 0.242. The third-order valence-electron chi connectivity index (χ3n) is 7.35. The highest BCUT2D eigenvalue weighted by molar-refractivity contribution is 6.74. The lowest BCUT2D eigenvalue weighted by Crippen LogP contribution is -2.43. The van der Waals surface area contributed by atoms with Crippen LogP contribution in [0.5, 0.6) is 5.75 Å². The van der Waals surface area contributed by atoms with E-state index < -0.39 is 8.32 Å². The second-order valence-electron chi connectivity index (χ2n) is 11.3. The van der Waals surface area contributed by atoms with Crippen molar-refractivity contribution in [1.82, 2.24) is 4.90 Å². The molecule has 3 aromatic carbocycles. The molecule has 0 saturated carbocycles. The molecule has 0 spiro atoms. The van der Waals surface area contributed by atoms with Gasteiger partial charge in [0, 0.05) is 18.2 Å². The van der Waals surface area contributed by atoms with Gasteiger partial charge in [0.2, 0.25) is 8.32 Å². The molecule has 39 heavy (non-hydrogen) atoms. The highest BCUT2D eigenvalue weighted by Crippen LogP contribution is 2.38. The van der Waals surface area contributed by atoms with Gasteiger partial charge in [0.05, 0.1) is 11.4 Å². The number of fused-ring (bicyclic) bond motifs is 1. The summed E-state index contributed by atoms with van der Waals surface area (Å²) in [5, 5.41) is 0.0642. The van der Waals surface area contributed by atoms with Gasteiger partial charge in [0.25, 0.3) is 5.91 Å². The molecule has 5 nitrogen and oxygen atoms in total. The number of nitrogens with zero attached hydrogens (tertiary/aromatic N) is 3. The first kappa shape index (κ1) is 26.5. The van der Waals surface area contributed by atoms with Crippen LogP contribution in [0.15, 0.2) is 101 Å². The third kappa shape index (κ3) is 5.68. The van der Waals surface area contributed by atoms with E-state index in [2.05, 4.69) is 38.9 Å². The molecule has 7 heteroatoms. The summed E-state index contributed by atoms with van der Waals surface area (Å²) in [6.07, 6.45) is 3.94. The third-order valence-corrected chi connectivity index (χ3v) is 11.7. The van der Waals surface area contributed by atoms with E-state index in [0.717, 1.165) is 16.9 Å². The molecule has 198 valence electrons. The Kier molecular flexibility index (Phi) is 6.95. The number of hydrogen-bond donors (Lipinski definition) is 0. The summed E-state index contributed by atoms with van der Waals surface area (Å²) >= 11 is 0. The molecule has 0 N–H and O–H groups in total. The summed E-state index contributed by atoms with van der Waals surface area (Å²) in [5.74, 6) is 0.725. The second-order valence-corrected chi connectivity index (χ2v) is 16.0. The molecule has 0 radical (unpaired) electrons. The summed E-state index contributed by atoms with van der Waals surface area (Å²) in [4.78, 5) is 24.7. The Morgan fingerprint density at radius 3 is 2.36 bits per heavy atom. The lowest BCUT2D eigenvalue weighted by atomic mass is 10.0. The number of amidine groups is 1. The van der Waals surface area contributed by atoms with Crippen molar-refractivity contribution in [3.8, 4) is 5.75 Å². The van der Waals surface area contributed by atoms with Crippen LogP contribution in [0.2, 0.25) is 18.1 Å². The van der Waals surface area contributed by atoms with E-state index in [0.29, 0.717) is 29.2 Å². The van der Waals surface area contributed by atoms with Gasteiger partial charge in [0.15, 0.2) is 5.84 Å². The van der Waals surface area contributed by atoms with Gasteiger partial charge in [0.1, 0.15) is 17.3 Å². The summed E-state index contributed by atoms with van der Waals surface area (Å²) in [6, 6.07) is 23.9. The van der Waals surface area contributed by atoms with Crippen molar-refractivity contribution in [1.29, 1.82) is 0 Å². The highest BCUT2D eigenvalue weighted by Gasteiger charge is 2.39. The van der Waals surface area contributed by atoms with Crippen molar-refractivity contribution in [3.05, 3.63) is 113 Å². The number of hydrogen-bond acceptors (Lipinski definition) is 4. The molecule has 0 fully saturated rings. The molecule has 0 bridgehead atoms. The zero-order valence-corrected chi connectivity index (χ0v) is 23.9. The average Bonchev–Trinajstić information content (AvgIpc) is 3.20. The standard InChI is InChI=1S/C32H32FN3O2Si/c1-32(2,3)39(4,5)38-26-13-9-12-24(20-26)29-21-36-30(27(34-29)18-22-10-7-6-8-11-22)35-28(31(36)37)19-23-14-16-25(33)17-15-23/h6-17,19-21H,18H2,1-5H3/b28-19+. The van der Waals surface area contributed by atoms with E-state index in [4.69, 9.17) is 9.42 Å². The van der Waals surface area contributed by atoms with Gasteiger partial charge in [-0.1, -0.05) is 75.4 Å². The minimum atomic E-state index is -2.03. The van der Waals surface area contributed by atoms with Crippen molar-refractivity contribution in [2.24, 2.45) is 9.98 Å². The number of carbonyl (C=O) groups excluding carboxylic acids is 1. The largest absolute Gasteiger partial charge is 0.543 e. The fraction of sp³-hybridized carbons (Fsp3) is 0.219. The van der Waals surface area contributed by atoms with Crippen LogP contribution in [0, 0.1) is 5.82 Å². The van der Waals surface area contributed by atoms with Crippen molar-refractivity contribution in [2.75, 3.05) is 0 Å². The van der Waals surface area contributed by atoms with Crippen molar-refractivity contribution in [2.45, 2.75) is 45.3 Å². The minimum Gasteiger partial charge on any atom is -0.543 e. The van der Waals surface area contributed by atoms with Gasteiger partial charge in [-0.25, -0.2) is 14.4 Å². The topological polar surface area (TPSA) is 54.3 Å². The van der Waals surface area contributed by atoms with Crippen molar-refractivity contribution >= 4 is 37.5 Å². The Bertz CT molecular complexity index is 1530. The molecule has 2 heterocycles. The van der Waals surface area contributed by atoms with Crippen LogP contribution in [-0.2, 0) is 11.2 Å². The first-order chi connectivity index (χ1) is 18.5. The van der Waals surface area contributed by atoms with Gasteiger partial charge in [-0.3, -0.25) is 9.69 Å². The van der Waals surface area contributed by atoms with Crippen molar-refractivity contribution in [3.63, 3.8) is 0 Å². The first-order valence-corrected chi connectivity index (χ1v) is 15.9. The van der Waals surface area contributed by atoms with Crippen LogP contribution in [0.4, 0.5) is 4.39 Å². The van der Waals surface area contributed by atoms with Crippen LogP contribution in [0.25, 0.3) is 11.8 Å². The fourth-order valence-electron chi connectivity index (χ4n) is 4.13. The normalized spacial score (nSPS) is 16.6. The Balaban J connectivity index is 1.53. The molecule has 0 atom stereocenters. The number of benzene rings is 3. The maximum absolute atomic E-state index is 13.5. The summed E-state index contributed by atoms with van der Waals surface area (Å²) < 4.78 is 19.9. The van der Waals surface area contributed by atoms with E-state index in [9.17, 15) is 9.18 Å². The minimum absolute atomic E-state index is 0.0642. The van der Waals surface area contributed by atoms with Crippen LogP contribution in [0.1, 0.15) is 37.5 Å². The number of amides is 1. The number of halogens is 1. The van der Waals surface area contributed by atoms with Crippen LogP contribution in [0.3, 0.4) is 0 Å². The van der Waals surface area contributed by atoms with E-state index in [1.807, 2.05) is 54.6 Å². The van der Waals surface area contributed by atoms with Gasteiger partial charge in [-0.15, -0.1) is 0 Å². The molecule has 0 unspecified atom stereocenters. The molecule has 0 aromatic heterocycles. The number of carbonyl (C=O) groups is 1. The van der Waals surface area contributed by atoms with Gasteiger partial charge >= 0.3 is 0 Å². The molecule has 0 aliphatic carbocycles. The zero-order valence-electron chi connectivity index (χ0n) is 22.9. The second kappa shape index (κ2) is 10.2. The van der Waals surface area contributed by atoms with Crippen LogP contribution < -0.4 is 4.43 Å². The lowest BCUT2D eigenvalue weighted by molar-refractivity contribution is -0.120. The molecular weight excluding hydrogens is 505 g/mol. The SMILES string of the molecule is CC(C)(C)[Si](C)(C)Oc1cccc(C2=CN3C(=O)/C(=C\c4ccc(F)cc4)N=C3C(Cc3ccccc3)=N2)c1. The van der Waals surface area contributed by atoms with Crippen LogP contribution >= 0.6 is 0 Å². The van der Waals surface area contributed by atoms with E-state index in [1.165, 1.54) is 12.1 Å². The molecule has 3 aromatic rings. The van der Waals surface area contributed by atoms with Gasteiger partial charge in [-0.2, -0.15) is 0 Å². The average molecular weight is 538 g/mol. The summed E-state index contributed by atoms with van der Waals surface area (Å²) in [7, 11) is -2.03. The van der Waals surface area contributed by atoms with Crippen LogP contribution in [-0.4, -0.2) is 30.7 Å². The summed E-state index contributed by atoms with van der Waals surface area (Å²) in [5.41, 5.74) is 4.27. The maximum Gasteiger partial charge on any atom is 0.282 e. The maximum atomic E-state index is 13.5. The zero-order chi connectivity index (χ0) is 27.8. The smallest absolute Gasteiger partial charge is 0.282 e. The Morgan fingerprint density at radius 2 is 1.67 bits per heavy atom. The van der Waals surface area contributed by atoms with E-state index in [-0.39, 0.29) is 22.5 Å². The fourth-order valence-corrected chi connectivity index (χ4v) is 5.15.